The molecule has 0 radical (unpaired) electrons. The number of methoxy groups -OCH3 is 1. The van der Waals surface area contributed by atoms with E-state index in [4.69, 9.17) is 9.47 Å². The van der Waals surface area contributed by atoms with Crippen molar-refractivity contribution in [3.8, 4) is 11.6 Å². The van der Waals surface area contributed by atoms with Crippen LogP contribution in [-0.4, -0.2) is 18.3 Å². The molecule has 1 aromatic heterocycles. The summed E-state index contributed by atoms with van der Waals surface area (Å²) < 4.78 is 11.1. The van der Waals surface area contributed by atoms with Gasteiger partial charge in [-0.25, -0.2) is 4.98 Å². The Morgan fingerprint density at radius 2 is 1.92 bits per heavy atom. The number of hydrazone groups is 1. The summed E-state index contributed by atoms with van der Waals surface area (Å²) in [7, 11) is 1.65. The van der Waals surface area contributed by atoms with Gasteiger partial charge in [0, 0.05) is 17.8 Å². The fraction of sp³-hybridized carbons (Fsp3) is 0.143. The molecule has 3 aromatic rings. The standard InChI is InChI=1S/C21H21N3O2/c1-16-7-3-4-8-19(16)24-23-14-17-10-11-20(25-2)18(13-17)15-26-21-9-5-6-12-22-21/h3-14,24H,15H2,1-2H3/b23-14+. The molecule has 0 saturated carbocycles. The summed E-state index contributed by atoms with van der Waals surface area (Å²) >= 11 is 0. The van der Waals surface area contributed by atoms with E-state index in [-0.39, 0.29) is 0 Å². The molecular formula is C21H21N3O2. The maximum atomic E-state index is 5.73. The minimum Gasteiger partial charge on any atom is -0.496 e. The highest BCUT2D eigenvalue weighted by atomic mass is 16.5. The molecule has 0 bridgehead atoms. The van der Waals surface area contributed by atoms with Crippen molar-refractivity contribution in [2.24, 2.45) is 5.10 Å². The Morgan fingerprint density at radius 3 is 2.69 bits per heavy atom. The fourth-order valence-electron chi connectivity index (χ4n) is 2.45. The average molecular weight is 347 g/mol. The molecule has 3 rings (SSSR count). The summed E-state index contributed by atoms with van der Waals surface area (Å²) in [5, 5.41) is 4.32. The Morgan fingerprint density at radius 1 is 1.08 bits per heavy atom. The summed E-state index contributed by atoms with van der Waals surface area (Å²) in [5.74, 6) is 1.35. The number of anilines is 1. The topological polar surface area (TPSA) is 55.7 Å². The molecule has 0 aliphatic heterocycles. The molecule has 0 aliphatic rings. The van der Waals surface area contributed by atoms with Gasteiger partial charge in [-0.05, 0) is 48.4 Å². The first-order valence-electron chi connectivity index (χ1n) is 8.32. The first-order valence-corrected chi connectivity index (χ1v) is 8.32. The predicted molar refractivity (Wildman–Crippen MR) is 104 cm³/mol. The molecule has 0 atom stereocenters. The van der Waals surface area contributed by atoms with Crippen LogP contribution in [0, 0.1) is 6.92 Å². The van der Waals surface area contributed by atoms with Crippen molar-refractivity contribution in [3.05, 3.63) is 83.6 Å². The van der Waals surface area contributed by atoms with Crippen molar-refractivity contribution >= 4 is 11.9 Å². The zero-order valence-electron chi connectivity index (χ0n) is 14.8. The minimum atomic E-state index is 0.368. The monoisotopic (exact) mass is 347 g/mol. The van der Waals surface area contributed by atoms with Crippen LogP contribution < -0.4 is 14.9 Å². The summed E-state index contributed by atoms with van der Waals surface area (Å²) in [6.45, 7) is 2.41. The second-order valence-corrected chi connectivity index (χ2v) is 5.71. The molecule has 5 nitrogen and oxygen atoms in total. The number of nitrogens with one attached hydrogen (secondary N) is 1. The Kier molecular flexibility index (Phi) is 5.83. The van der Waals surface area contributed by atoms with Crippen molar-refractivity contribution in [2.45, 2.75) is 13.5 Å². The summed E-state index contributed by atoms with van der Waals surface area (Å²) in [5.41, 5.74) is 7.07. The zero-order valence-corrected chi connectivity index (χ0v) is 14.8. The lowest BCUT2D eigenvalue weighted by atomic mass is 10.1. The van der Waals surface area contributed by atoms with E-state index >= 15 is 0 Å². The van der Waals surface area contributed by atoms with Gasteiger partial charge < -0.3 is 9.47 Å². The highest BCUT2D eigenvalue weighted by molar-refractivity contribution is 5.81. The van der Waals surface area contributed by atoms with Crippen LogP contribution in [0.25, 0.3) is 0 Å². The predicted octanol–water partition coefficient (Wildman–Crippen LogP) is 4.42. The Hall–Kier alpha value is -3.34. The van der Waals surface area contributed by atoms with Crippen molar-refractivity contribution in [1.82, 2.24) is 4.98 Å². The number of aryl methyl sites for hydroxylation is 1. The largest absolute Gasteiger partial charge is 0.496 e. The number of benzene rings is 2. The Labute approximate surface area is 153 Å². The molecule has 2 aromatic carbocycles. The SMILES string of the molecule is COc1ccc(/C=N/Nc2ccccc2C)cc1COc1ccccn1. The van der Waals surface area contributed by atoms with Crippen LogP contribution in [0.2, 0.25) is 0 Å². The fourth-order valence-corrected chi connectivity index (χ4v) is 2.45. The highest BCUT2D eigenvalue weighted by Crippen LogP contribution is 2.21. The lowest BCUT2D eigenvalue weighted by Crippen LogP contribution is -2.01. The number of para-hydroxylation sites is 1. The van der Waals surface area contributed by atoms with Gasteiger partial charge in [0.25, 0.3) is 0 Å². The number of hydrogen-bond acceptors (Lipinski definition) is 5. The molecule has 1 N–H and O–H groups in total. The van der Waals surface area contributed by atoms with Crippen molar-refractivity contribution < 1.29 is 9.47 Å². The van der Waals surface area contributed by atoms with Crippen LogP contribution in [0.5, 0.6) is 11.6 Å². The van der Waals surface area contributed by atoms with Gasteiger partial charge in [-0.1, -0.05) is 24.3 Å². The van der Waals surface area contributed by atoms with Gasteiger partial charge in [-0.3, -0.25) is 5.43 Å². The molecule has 5 heteroatoms. The van der Waals surface area contributed by atoms with Crippen molar-refractivity contribution in [2.75, 3.05) is 12.5 Å². The number of hydrogen-bond donors (Lipinski definition) is 1. The molecule has 0 spiro atoms. The number of ether oxygens (including phenoxy) is 2. The molecule has 1 heterocycles. The zero-order chi connectivity index (χ0) is 18.2. The van der Waals surface area contributed by atoms with Gasteiger partial charge in [0.1, 0.15) is 12.4 Å². The van der Waals surface area contributed by atoms with E-state index in [1.54, 1.807) is 19.5 Å². The van der Waals surface area contributed by atoms with Crippen LogP contribution in [0.15, 0.2) is 72.0 Å². The van der Waals surface area contributed by atoms with E-state index < -0.39 is 0 Å². The van der Waals surface area contributed by atoms with E-state index in [1.165, 1.54) is 0 Å². The van der Waals surface area contributed by atoms with E-state index in [0.29, 0.717) is 12.5 Å². The third-order valence-corrected chi connectivity index (χ3v) is 3.86. The summed E-state index contributed by atoms with van der Waals surface area (Å²) in [6, 6.07) is 19.4. The van der Waals surface area contributed by atoms with E-state index in [9.17, 15) is 0 Å². The van der Waals surface area contributed by atoms with E-state index in [1.807, 2.05) is 67.6 Å². The van der Waals surface area contributed by atoms with Gasteiger partial charge in [0.2, 0.25) is 5.88 Å². The van der Waals surface area contributed by atoms with Crippen LogP contribution >= 0.6 is 0 Å². The first-order chi connectivity index (χ1) is 12.8. The quantitative estimate of drug-likeness (QED) is 0.508. The van der Waals surface area contributed by atoms with Crippen LogP contribution in [0.1, 0.15) is 16.7 Å². The highest BCUT2D eigenvalue weighted by Gasteiger charge is 2.05. The van der Waals surface area contributed by atoms with Crippen LogP contribution in [0.4, 0.5) is 5.69 Å². The summed E-state index contributed by atoms with van der Waals surface area (Å²) in [4.78, 5) is 4.16. The molecular weight excluding hydrogens is 326 g/mol. The Balaban J connectivity index is 1.70. The van der Waals surface area contributed by atoms with Crippen LogP contribution in [0.3, 0.4) is 0 Å². The molecule has 0 fully saturated rings. The first kappa shape index (κ1) is 17.5. The molecule has 26 heavy (non-hydrogen) atoms. The molecule has 0 saturated heterocycles. The van der Waals surface area contributed by atoms with E-state index in [0.717, 1.165) is 28.1 Å². The lowest BCUT2D eigenvalue weighted by molar-refractivity contribution is 0.285. The maximum absolute atomic E-state index is 5.73. The van der Waals surface area contributed by atoms with Crippen LogP contribution in [-0.2, 0) is 6.61 Å². The normalized spacial score (nSPS) is 10.7. The minimum absolute atomic E-state index is 0.368. The number of rotatable bonds is 7. The van der Waals surface area contributed by atoms with Crippen molar-refractivity contribution in [1.29, 1.82) is 0 Å². The second-order valence-electron chi connectivity index (χ2n) is 5.71. The third-order valence-electron chi connectivity index (χ3n) is 3.86. The number of aromatic nitrogens is 1. The van der Waals surface area contributed by atoms with Gasteiger partial charge >= 0.3 is 0 Å². The van der Waals surface area contributed by atoms with Gasteiger partial charge in [0.05, 0.1) is 19.0 Å². The van der Waals surface area contributed by atoms with Gasteiger partial charge in [-0.2, -0.15) is 5.10 Å². The molecule has 132 valence electrons. The van der Waals surface area contributed by atoms with Gasteiger partial charge in [0.15, 0.2) is 0 Å². The smallest absolute Gasteiger partial charge is 0.213 e. The lowest BCUT2D eigenvalue weighted by Gasteiger charge is -2.10. The maximum Gasteiger partial charge on any atom is 0.213 e. The molecule has 0 aliphatic carbocycles. The number of pyridine rings is 1. The number of nitrogens with zero attached hydrogens (tertiary/aromatic N) is 2. The van der Waals surface area contributed by atoms with E-state index in [2.05, 4.69) is 15.5 Å². The molecule has 0 amide bonds. The Bertz CT molecular complexity index is 879. The summed E-state index contributed by atoms with van der Waals surface area (Å²) in [6.07, 6.45) is 3.48. The van der Waals surface area contributed by atoms with Gasteiger partial charge in [-0.15, -0.1) is 0 Å². The van der Waals surface area contributed by atoms with Crippen molar-refractivity contribution in [3.63, 3.8) is 0 Å². The average Bonchev–Trinajstić information content (AvgIpc) is 2.69. The molecule has 0 unspecified atom stereocenters. The third kappa shape index (κ3) is 4.60. The second kappa shape index (κ2) is 8.67.